The van der Waals surface area contributed by atoms with E-state index in [0.29, 0.717) is 12.4 Å². The van der Waals surface area contributed by atoms with Crippen molar-refractivity contribution in [2.45, 2.75) is 26.4 Å². The molecule has 0 saturated heterocycles. The number of rotatable bonds is 1. The van der Waals surface area contributed by atoms with Crippen LogP contribution in [0.15, 0.2) is 18.2 Å². The second-order valence-electron chi connectivity index (χ2n) is 5.44. The number of carboxylic acid groups (broad SMARTS) is 1. The number of para-hydroxylation sites is 1. The predicted molar refractivity (Wildman–Crippen MR) is 72.5 cm³/mol. The Morgan fingerprint density at radius 3 is 2.65 bits per heavy atom. The number of amides is 1. The van der Waals surface area contributed by atoms with E-state index in [0.717, 1.165) is 0 Å². The van der Waals surface area contributed by atoms with Crippen LogP contribution in [0, 0.1) is 0 Å². The molecule has 1 aromatic rings. The highest BCUT2D eigenvalue weighted by Gasteiger charge is 2.31. The number of fused-ring (bicyclic) bond motifs is 1. The summed E-state index contributed by atoms with van der Waals surface area (Å²) >= 11 is 0. The highest BCUT2D eigenvalue weighted by molar-refractivity contribution is 6.02. The first kappa shape index (κ1) is 14.2. The minimum atomic E-state index is -1.11. The van der Waals surface area contributed by atoms with Gasteiger partial charge < -0.3 is 14.6 Å². The van der Waals surface area contributed by atoms with Gasteiger partial charge in [0.1, 0.15) is 23.6 Å². The lowest BCUT2D eigenvalue weighted by Crippen LogP contribution is -2.42. The molecule has 2 rings (SSSR count). The molecule has 6 nitrogen and oxygen atoms in total. The molecule has 1 N–H and O–H groups in total. The molecule has 0 radical (unpaired) electrons. The third-order valence-electron chi connectivity index (χ3n) is 2.69. The smallest absolute Gasteiger partial charge is 0.415 e. The fourth-order valence-electron chi connectivity index (χ4n) is 1.95. The van der Waals surface area contributed by atoms with E-state index in [1.54, 1.807) is 32.9 Å². The molecule has 1 aliphatic rings. The second kappa shape index (κ2) is 5.03. The Bertz CT molecular complexity index is 547. The molecule has 108 valence electrons. The van der Waals surface area contributed by atoms with Crippen molar-refractivity contribution in [2.24, 2.45) is 0 Å². The number of anilines is 1. The summed E-state index contributed by atoms with van der Waals surface area (Å²) in [7, 11) is 0. The Labute approximate surface area is 116 Å². The fraction of sp³-hybridized carbons (Fsp3) is 0.429. The molecule has 1 aliphatic heterocycles. The van der Waals surface area contributed by atoms with Crippen LogP contribution in [0.25, 0.3) is 0 Å². The first-order valence-electron chi connectivity index (χ1n) is 6.29. The number of hydrogen-bond acceptors (Lipinski definition) is 4. The van der Waals surface area contributed by atoms with E-state index in [1.807, 2.05) is 0 Å². The van der Waals surface area contributed by atoms with Crippen molar-refractivity contribution in [3.05, 3.63) is 23.8 Å². The van der Waals surface area contributed by atoms with Gasteiger partial charge in [0, 0.05) is 0 Å². The van der Waals surface area contributed by atoms with Crippen LogP contribution in [0.3, 0.4) is 0 Å². The van der Waals surface area contributed by atoms with Crippen molar-refractivity contribution < 1.29 is 24.2 Å². The van der Waals surface area contributed by atoms with Crippen molar-refractivity contribution in [1.82, 2.24) is 0 Å². The Balaban J connectivity index is 2.41. The third kappa shape index (κ3) is 2.84. The first-order chi connectivity index (χ1) is 9.29. The number of nitrogens with zero attached hydrogens (tertiary/aromatic N) is 1. The van der Waals surface area contributed by atoms with Gasteiger partial charge in [-0.2, -0.15) is 0 Å². The van der Waals surface area contributed by atoms with Gasteiger partial charge in [-0.15, -0.1) is 0 Å². The molecule has 0 atom stereocenters. The van der Waals surface area contributed by atoms with Crippen molar-refractivity contribution in [1.29, 1.82) is 0 Å². The topological polar surface area (TPSA) is 76.1 Å². The zero-order valence-electron chi connectivity index (χ0n) is 11.7. The van der Waals surface area contributed by atoms with Crippen LogP contribution in [-0.2, 0) is 4.74 Å². The van der Waals surface area contributed by atoms with Crippen LogP contribution in [0.2, 0.25) is 0 Å². The summed E-state index contributed by atoms with van der Waals surface area (Å²) in [4.78, 5) is 24.8. The number of ether oxygens (including phenoxy) is 2. The lowest BCUT2D eigenvalue weighted by Gasteiger charge is -2.32. The largest absolute Gasteiger partial charge is 0.490 e. The maximum atomic E-state index is 12.2. The predicted octanol–water partition coefficient (Wildman–Crippen LogP) is 2.52. The monoisotopic (exact) mass is 279 g/mol. The second-order valence-corrected chi connectivity index (χ2v) is 5.44. The van der Waals surface area contributed by atoms with Crippen LogP contribution in [-0.4, -0.2) is 35.9 Å². The number of carbonyl (C=O) groups excluding carboxylic acids is 1. The summed E-state index contributed by atoms with van der Waals surface area (Å²) in [6.45, 7) is 5.83. The van der Waals surface area contributed by atoms with Crippen LogP contribution < -0.4 is 9.64 Å². The zero-order valence-corrected chi connectivity index (χ0v) is 11.7. The van der Waals surface area contributed by atoms with E-state index in [9.17, 15) is 14.7 Å². The van der Waals surface area contributed by atoms with Gasteiger partial charge >= 0.3 is 12.1 Å². The molecular weight excluding hydrogens is 262 g/mol. The first-order valence-corrected chi connectivity index (χ1v) is 6.29. The molecule has 20 heavy (non-hydrogen) atoms. The summed E-state index contributed by atoms with van der Waals surface area (Å²) in [5, 5.41) is 9.24. The van der Waals surface area contributed by atoms with Crippen LogP contribution >= 0.6 is 0 Å². The molecular formula is C14H17NO5. The Kier molecular flexibility index (Phi) is 3.57. The van der Waals surface area contributed by atoms with E-state index in [4.69, 9.17) is 9.47 Å². The molecule has 0 spiro atoms. The molecule has 1 amide bonds. The van der Waals surface area contributed by atoms with E-state index < -0.39 is 17.7 Å². The summed E-state index contributed by atoms with van der Waals surface area (Å²) < 4.78 is 10.7. The normalized spacial score (nSPS) is 14.2. The van der Waals surface area contributed by atoms with Crippen molar-refractivity contribution >= 4 is 17.7 Å². The van der Waals surface area contributed by atoms with E-state index in [2.05, 4.69) is 0 Å². The molecule has 6 heteroatoms. The highest BCUT2D eigenvalue weighted by atomic mass is 16.6. The van der Waals surface area contributed by atoms with Gasteiger partial charge in [-0.1, -0.05) is 6.07 Å². The average Bonchev–Trinajstić information content (AvgIpc) is 2.35. The van der Waals surface area contributed by atoms with E-state index >= 15 is 0 Å². The minimum absolute atomic E-state index is 0.0214. The minimum Gasteiger partial charge on any atom is -0.490 e. The van der Waals surface area contributed by atoms with Gasteiger partial charge in [-0.05, 0) is 32.9 Å². The molecule has 0 aliphatic carbocycles. The van der Waals surface area contributed by atoms with Gasteiger partial charge in [-0.3, -0.25) is 4.90 Å². The zero-order chi connectivity index (χ0) is 14.9. The van der Waals surface area contributed by atoms with Crippen LogP contribution in [0.1, 0.15) is 31.1 Å². The number of carboxylic acids is 1. The number of benzene rings is 1. The lowest BCUT2D eigenvalue weighted by atomic mass is 10.1. The Morgan fingerprint density at radius 2 is 2.05 bits per heavy atom. The lowest BCUT2D eigenvalue weighted by molar-refractivity contribution is 0.0567. The SMILES string of the molecule is CC(C)(C)OC(=O)N1CCOc2cccc(C(=O)O)c21. The van der Waals surface area contributed by atoms with Gasteiger partial charge in [0.2, 0.25) is 0 Å². The summed E-state index contributed by atoms with van der Waals surface area (Å²) in [5.41, 5.74) is -0.373. The van der Waals surface area contributed by atoms with Gasteiger partial charge in [0.25, 0.3) is 0 Å². The molecule has 0 bridgehead atoms. The standard InChI is InChI=1S/C14H17NO5/c1-14(2,3)20-13(18)15-7-8-19-10-6-4-5-9(11(10)15)12(16)17/h4-6H,7-8H2,1-3H3,(H,16,17). The summed E-state index contributed by atoms with van der Waals surface area (Å²) in [6, 6.07) is 4.66. The molecule has 1 aromatic carbocycles. The summed E-state index contributed by atoms with van der Waals surface area (Å²) in [6.07, 6.45) is -0.573. The Hall–Kier alpha value is -2.24. The molecule has 0 saturated carbocycles. The third-order valence-corrected chi connectivity index (χ3v) is 2.69. The maximum absolute atomic E-state index is 12.2. The van der Waals surface area contributed by atoms with Gasteiger partial charge in [0.15, 0.2) is 0 Å². The molecule has 0 aromatic heterocycles. The molecule has 0 unspecified atom stereocenters. The van der Waals surface area contributed by atoms with Crippen LogP contribution in [0.4, 0.5) is 10.5 Å². The average molecular weight is 279 g/mol. The molecule has 1 heterocycles. The quantitative estimate of drug-likeness (QED) is 0.854. The van der Waals surface area contributed by atoms with E-state index in [1.165, 1.54) is 11.0 Å². The van der Waals surface area contributed by atoms with Crippen molar-refractivity contribution in [3.63, 3.8) is 0 Å². The summed E-state index contributed by atoms with van der Waals surface area (Å²) in [5.74, 6) is -0.733. The van der Waals surface area contributed by atoms with Gasteiger partial charge in [-0.25, -0.2) is 9.59 Å². The number of hydrogen-bond donors (Lipinski definition) is 1. The van der Waals surface area contributed by atoms with E-state index in [-0.39, 0.29) is 17.8 Å². The molecule has 0 fully saturated rings. The number of aromatic carboxylic acids is 1. The van der Waals surface area contributed by atoms with Crippen molar-refractivity contribution in [2.75, 3.05) is 18.1 Å². The van der Waals surface area contributed by atoms with Crippen molar-refractivity contribution in [3.8, 4) is 5.75 Å². The fourth-order valence-corrected chi connectivity index (χ4v) is 1.95. The highest BCUT2D eigenvalue weighted by Crippen LogP contribution is 2.35. The number of carbonyl (C=O) groups is 2. The van der Waals surface area contributed by atoms with Crippen LogP contribution in [0.5, 0.6) is 5.75 Å². The van der Waals surface area contributed by atoms with Gasteiger partial charge in [0.05, 0.1) is 12.1 Å². The Morgan fingerprint density at radius 1 is 1.35 bits per heavy atom. The maximum Gasteiger partial charge on any atom is 0.415 e.